The number of methoxy groups -OCH3 is 2. The highest BCUT2D eigenvalue weighted by Gasteiger charge is 2.55. The minimum atomic E-state index is -1.85. The molecule has 4 heterocycles. The monoisotopic (exact) mass is 708 g/mol. The molecular weight excluding hydrogens is 652 g/mol. The standard InChI is InChI=1S/C37H56O13/c1-22-10-27-16-25(39)17-33(42)48-30(21-38)18-28-13-24(15-32(41)46-7)19-36(43,49-28)34(2,3)9-8-26-11-23(14-31(40)45-6)12-29(47-26)20-37(44,50-27)35(22,4)5/h8-9,14-15,22,25-30,38-39,43-44H,10-13,16-21H2,1-7H3/b9-8+,23-14+,24-15+/t22-,25+,26-,27-,28-,29-,30+,36+,37-/m0/s1. The van der Waals surface area contributed by atoms with Gasteiger partial charge in [0.25, 0.3) is 0 Å². The first-order chi connectivity index (χ1) is 23.3. The molecule has 3 fully saturated rings. The lowest BCUT2D eigenvalue weighted by atomic mass is 9.66. The Kier molecular flexibility index (Phi) is 12.8. The number of carbonyl (C=O) groups excluding carboxylic acids is 3. The van der Waals surface area contributed by atoms with Crippen molar-refractivity contribution in [1.29, 1.82) is 0 Å². The molecule has 0 aliphatic carbocycles. The lowest BCUT2D eigenvalue weighted by Gasteiger charge is -2.54. The van der Waals surface area contributed by atoms with Crippen molar-refractivity contribution in [2.45, 2.75) is 141 Å². The van der Waals surface area contributed by atoms with Crippen molar-refractivity contribution in [2.75, 3.05) is 20.8 Å². The molecule has 4 aliphatic heterocycles. The molecule has 4 rings (SSSR count). The number of fused-ring (bicyclic) bond motifs is 6. The van der Waals surface area contributed by atoms with Crippen LogP contribution in [-0.2, 0) is 42.8 Å². The van der Waals surface area contributed by atoms with E-state index >= 15 is 0 Å². The van der Waals surface area contributed by atoms with E-state index in [2.05, 4.69) is 0 Å². The van der Waals surface area contributed by atoms with Crippen molar-refractivity contribution in [1.82, 2.24) is 0 Å². The van der Waals surface area contributed by atoms with E-state index in [9.17, 15) is 34.8 Å². The van der Waals surface area contributed by atoms with Crippen LogP contribution in [0.2, 0.25) is 0 Å². The van der Waals surface area contributed by atoms with Crippen LogP contribution in [0.15, 0.2) is 35.5 Å². The van der Waals surface area contributed by atoms with Crippen LogP contribution in [0.3, 0.4) is 0 Å². The number of carbonyl (C=O) groups is 3. The van der Waals surface area contributed by atoms with Gasteiger partial charge < -0.3 is 48.8 Å². The summed E-state index contributed by atoms with van der Waals surface area (Å²) in [7, 11) is 2.55. The molecule has 3 saturated heterocycles. The fourth-order valence-corrected chi connectivity index (χ4v) is 7.49. The van der Waals surface area contributed by atoms with Gasteiger partial charge in [-0.1, -0.05) is 57.9 Å². The summed E-state index contributed by atoms with van der Waals surface area (Å²) in [4.78, 5) is 37.6. The van der Waals surface area contributed by atoms with Crippen LogP contribution in [0.4, 0.5) is 0 Å². The summed E-state index contributed by atoms with van der Waals surface area (Å²) >= 11 is 0. The van der Waals surface area contributed by atoms with E-state index in [1.807, 2.05) is 20.8 Å². The van der Waals surface area contributed by atoms with Gasteiger partial charge in [-0.05, 0) is 31.6 Å². The molecule has 282 valence electrons. The number of aliphatic hydroxyl groups is 4. The summed E-state index contributed by atoms with van der Waals surface area (Å²) in [5.41, 5.74) is -0.516. The third-order valence-electron chi connectivity index (χ3n) is 11.1. The first-order valence-electron chi connectivity index (χ1n) is 17.5. The molecule has 0 aromatic heterocycles. The van der Waals surface area contributed by atoms with Crippen molar-refractivity contribution in [3.8, 4) is 0 Å². The first kappa shape index (κ1) is 40.1. The molecule has 6 bridgehead atoms. The van der Waals surface area contributed by atoms with E-state index in [4.69, 9.17) is 28.4 Å². The second kappa shape index (κ2) is 15.9. The predicted octanol–water partition coefficient (Wildman–Crippen LogP) is 3.16. The Balaban J connectivity index is 1.76. The average molecular weight is 709 g/mol. The Morgan fingerprint density at radius 2 is 1.50 bits per heavy atom. The molecule has 0 amide bonds. The van der Waals surface area contributed by atoms with Gasteiger partial charge in [0.1, 0.15) is 6.10 Å². The zero-order valence-electron chi connectivity index (χ0n) is 30.4. The van der Waals surface area contributed by atoms with Gasteiger partial charge in [-0.15, -0.1) is 0 Å². The van der Waals surface area contributed by atoms with Crippen LogP contribution >= 0.6 is 0 Å². The molecule has 50 heavy (non-hydrogen) atoms. The van der Waals surface area contributed by atoms with Crippen molar-refractivity contribution >= 4 is 17.9 Å². The van der Waals surface area contributed by atoms with Gasteiger partial charge in [-0.25, -0.2) is 9.59 Å². The van der Waals surface area contributed by atoms with Gasteiger partial charge in [0.2, 0.25) is 0 Å². The third-order valence-corrected chi connectivity index (χ3v) is 11.1. The fraction of sp³-hybridized carbons (Fsp3) is 0.757. The van der Waals surface area contributed by atoms with Crippen LogP contribution in [0.25, 0.3) is 0 Å². The van der Waals surface area contributed by atoms with E-state index in [1.165, 1.54) is 26.4 Å². The molecule has 13 heteroatoms. The van der Waals surface area contributed by atoms with Gasteiger partial charge in [0.15, 0.2) is 11.6 Å². The minimum absolute atomic E-state index is 0.000578. The van der Waals surface area contributed by atoms with Gasteiger partial charge in [0, 0.05) is 48.7 Å². The lowest BCUT2D eigenvalue weighted by Crippen LogP contribution is -2.59. The van der Waals surface area contributed by atoms with Crippen molar-refractivity contribution < 1.29 is 63.2 Å². The van der Waals surface area contributed by atoms with Gasteiger partial charge in [-0.2, -0.15) is 0 Å². The Bertz CT molecular complexity index is 1330. The van der Waals surface area contributed by atoms with Crippen LogP contribution in [0, 0.1) is 16.7 Å². The molecule has 4 N–H and O–H groups in total. The normalized spacial score (nSPS) is 40.3. The number of aliphatic hydroxyl groups excluding tert-OH is 2. The van der Waals surface area contributed by atoms with E-state index in [-0.39, 0.29) is 44.4 Å². The zero-order valence-corrected chi connectivity index (χ0v) is 30.4. The molecule has 0 unspecified atom stereocenters. The highest BCUT2D eigenvalue weighted by atomic mass is 16.6. The largest absolute Gasteiger partial charge is 0.466 e. The molecule has 0 aromatic carbocycles. The zero-order chi connectivity index (χ0) is 37.1. The van der Waals surface area contributed by atoms with Gasteiger partial charge in [0.05, 0.1) is 57.8 Å². The molecule has 9 atom stereocenters. The summed E-state index contributed by atoms with van der Waals surface area (Å²) in [6.07, 6.45) is 2.77. The van der Waals surface area contributed by atoms with Gasteiger partial charge >= 0.3 is 17.9 Å². The minimum Gasteiger partial charge on any atom is -0.466 e. The Labute approximate surface area is 294 Å². The van der Waals surface area contributed by atoms with Crippen LogP contribution in [0.5, 0.6) is 0 Å². The van der Waals surface area contributed by atoms with Crippen molar-refractivity contribution in [3.05, 3.63) is 35.5 Å². The van der Waals surface area contributed by atoms with Crippen LogP contribution < -0.4 is 0 Å². The van der Waals surface area contributed by atoms with Crippen LogP contribution in [0.1, 0.15) is 92.4 Å². The third kappa shape index (κ3) is 9.41. The fourth-order valence-electron chi connectivity index (χ4n) is 7.49. The molecule has 0 aromatic rings. The maximum Gasteiger partial charge on any atom is 0.330 e. The Morgan fingerprint density at radius 3 is 2.14 bits per heavy atom. The number of rotatable bonds is 3. The second-order valence-corrected chi connectivity index (χ2v) is 15.6. The van der Waals surface area contributed by atoms with Gasteiger partial charge in [-0.3, -0.25) is 4.79 Å². The number of hydrogen-bond donors (Lipinski definition) is 4. The number of hydrogen-bond acceptors (Lipinski definition) is 13. The van der Waals surface area contributed by atoms with E-state index in [0.29, 0.717) is 24.8 Å². The van der Waals surface area contributed by atoms with Crippen LogP contribution in [-0.4, -0.2) is 107 Å². The molecule has 0 radical (unpaired) electrons. The smallest absolute Gasteiger partial charge is 0.330 e. The summed E-state index contributed by atoms with van der Waals surface area (Å²) in [5, 5.41) is 45.4. The Morgan fingerprint density at radius 1 is 0.880 bits per heavy atom. The molecular formula is C37H56O13. The summed E-state index contributed by atoms with van der Waals surface area (Å²) in [6.45, 7) is 8.86. The number of cyclic esters (lactones) is 1. The molecule has 4 aliphatic rings. The Hall–Kier alpha value is -2.65. The van der Waals surface area contributed by atoms with E-state index in [1.54, 1.807) is 26.0 Å². The molecule has 0 saturated carbocycles. The lowest BCUT2D eigenvalue weighted by molar-refractivity contribution is -0.339. The maximum atomic E-state index is 13.0. The van der Waals surface area contributed by atoms with Crippen molar-refractivity contribution in [2.24, 2.45) is 16.7 Å². The summed E-state index contributed by atoms with van der Waals surface area (Å²) < 4.78 is 34.5. The SMILES string of the molecule is COC(=O)/C=C1/C[C@H]2C[C@]3(O)O[C@H](C[C@@H](O)CC(=O)O[C@@H](CO)C[C@@H]4C/C(=C\C(=O)OC)C[C@@](O)(O4)C(C)(C)/C=C/[C@@H](C1)O2)C[C@H](C)C3(C)C. The molecule has 13 nitrogen and oxygen atoms in total. The number of ether oxygens (including phenoxy) is 6. The average Bonchev–Trinajstić information content (AvgIpc) is 3.01. The highest BCUT2D eigenvalue weighted by molar-refractivity contribution is 5.83. The first-order valence-corrected chi connectivity index (χ1v) is 17.5. The second-order valence-electron chi connectivity index (χ2n) is 15.6. The maximum absolute atomic E-state index is 13.0. The summed E-state index contributed by atoms with van der Waals surface area (Å²) in [5.74, 6) is -5.43. The molecule has 0 spiro atoms. The van der Waals surface area contributed by atoms with Crippen molar-refractivity contribution in [3.63, 3.8) is 0 Å². The van der Waals surface area contributed by atoms with E-state index < -0.39 is 83.5 Å². The quantitative estimate of drug-likeness (QED) is 0.145. The topological polar surface area (TPSA) is 188 Å². The predicted molar refractivity (Wildman–Crippen MR) is 179 cm³/mol. The summed E-state index contributed by atoms with van der Waals surface area (Å²) in [6, 6.07) is 0. The van der Waals surface area contributed by atoms with E-state index in [0.717, 1.165) is 5.57 Å². The number of esters is 3. The highest BCUT2D eigenvalue weighted by Crippen LogP contribution is 2.51.